The van der Waals surface area contributed by atoms with Gasteiger partial charge in [0.1, 0.15) is 0 Å². The van der Waals surface area contributed by atoms with Gasteiger partial charge < -0.3 is 10.1 Å². The Hall–Kier alpha value is -2.79. The van der Waals surface area contributed by atoms with Crippen molar-refractivity contribution >= 4 is 28.8 Å². The molecule has 0 saturated carbocycles. The minimum atomic E-state index is -0.674. The van der Waals surface area contributed by atoms with E-state index in [0.717, 1.165) is 0 Å². The molecule has 0 aliphatic rings. The van der Waals surface area contributed by atoms with Crippen LogP contribution in [0.25, 0.3) is 16.0 Å². The molecule has 7 nitrogen and oxygen atoms in total. The summed E-state index contributed by atoms with van der Waals surface area (Å²) in [7, 11) is 1.21. The molecule has 1 rings (SSSR count). The number of carbonyl (C=O) groups is 2. The van der Waals surface area contributed by atoms with E-state index in [9.17, 15) is 9.59 Å². The average molecular weight is 260 g/mol. The van der Waals surface area contributed by atoms with Crippen molar-refractivity contribution in [1.29, 1.82) is 0 Å². The number of anilines is 1. The van der Waals surface area contributed by atoms with Crippen LogP contribution in [0.3, 0.4) is 0 Å². The summed E-state index contributed by atoms with van der Waals surface area (Å²) in [6.45, 7) is 4.92. The van der Waals surface area contributed by atoms with Crippen molar-refractivity contribution < 1.29 is 14.3 Å². The maximum atomic E-state index is 11.5. The molecule has 0 bridgehead atoms. The summed E-state index contributed by atoms with van der Waals surface area (Å²) in [4.78, 5) is 25.3. The molecule has 19 heavy (non-hydrogen) atoms. The molecule has 1 N–H and O–H groups in total. The van der Waals surface area contributed by atoms with Crippen LogP contribution in [0.1, 0.15) is 12.5 Å². The van der Waals surface area contributed by atoms with Gasteiger partial charge in [-0.25, -0.2) is 4.79 Å². The molecule has 0 saturated heterocycles. The van der Waals surface area contributed by atoms with E-state index in [-0.39, 0.29) is 22.7 Å². The molecule has 0 heterocycles. The number of hydrogen-bond acceptors (Lipinski definition) is 4. The molecule has 1 amide bonds. The van der Waals surface area contributed by atoms with E-state index in [1.807, 2.05) is 0 Å². The molecule has 0 spiro atoms. The molecular weight excluding hydrogens is 248 g/mol. The van der Waals surface area contributed by atoms with Crippen molar-refractivity contribution in [3.05, 3.63) is 40.8 Å². The number of nitrogens with zero attached hydrogens (tertiary/aromatic N) is 3. The summed E-state index contributed by atoms with van der Waals surface area (Å²) in [5.41, 5.74) is 9.26. The van der Waals surface area contributed by atoms with Gasteiger partial charge in [0.2, 0.25) is 5.91 Å². The van der Waals surface area contributed by atoms with Gasteiger partial charge in [0.25, 0.3) is 0 Å². The first-order valence-electron chi connectivity index (χ1n) is 5.24. The van der Waals surface area contributed by atoms with Gasteiger partial charge in [0.05, 0.1) is 12.7 Å². The number of rotatable bonds is 4. The van der Waals surface area contributed by atoms with Crippen molar-refractivity contribution in [3.63, 3.8) is 0 Å². The largest absolute Gasteiger partial charge is 0.465 e. The van der Waals surface area contributed by atoms with Crippen LogP contribution in [0.4, 0.5) is 11.4 Å². The van der Waals surface area contributed by atoms with Crippen LogP contribution in [0.15, 0.2) is 29.9 Å². The lowest BCUT2D eigenvalue weighted by atomic mass is 10.0. The first-order chi connectivity index (χ1) is 9.01. The highest BCUT2D eigenvalue weighted by Crippen LogP contribution is 2.33. The fourth-order valence-corrected chi connectivity index (χ4v) is 1.51. The number of benzene rings is 1. The minimum absolute atomic E-state index is 0.00532. The SMILES string of the molecule is C=C(C(=O)OC)c1c(N=[N+]=[N-])cccc1NC(C)=O. The highest BCUT2D eigenvalue weighted by molar-refractivity contribution is 6.19. The van der Waals surface area contributed by atoms with Crippen LogP contribution in [0, 0.1) is 0 Å². The van der Waals surface area contributed by atoms with Gasteiger partial charge >= 0.3 is 5.97 Å². The number of carbonyl (C=O) groups excluding carboxylic acids is 2. The zero-order valence-corrected chi connectivity index (χ0v) is 10.5. The monoisotopic (exact) mass is 260 g/mol. The Morgan fingerprint density at radius 2 is 2.16 bits per heavy atom. The van der Waals surface area contributed by atoms with Gasteiger partial charge in [-0.15, -0.1) is 0 Å². The van der Waals surface area contributed by atoms with E-state index in [2.05, 4.69) is 26.7 Å². The van der Waals surface area contributed by atoms with Crippen molar-refractivity contribution in [1.82, 2.24) is 0 Å². The normalized spacial score (nSPS) is 9.16. The number of ether oxygens (including phenoxy) is 1. The zero-order chi connectivity index (χ0) is 14.4. The lowest BCUT2D eigenvalue weighted by Crippen LogP contribution is -2.10. The van der Waals surface area contributed by atoms with Crippen LogP contribution in [0.2, 0.25) is 0 Å². The summed E-state index contributed by atoms with van der Waals surface area (Å²) in [5.74, 6) is -0.996. The maximum Gasteiger partial charge on any atom is 0.337 e. The Bertz CT molecular complexity index is 589. The first-order valence-corrected chi connectivity index (χ1v) is 5.24. The summed E-state index contributed by atoms with van der Waals surface area (Å²) < 4.78 is 4.57. The van der Waals surface area contributed by atoms with Crippen molar-refractivity contribution in [2.75, 3.05) is 12.4 Å². The minimum Gasteiger partial charge on any atom is -0.465 e. The second-order valence-electron chi connectivity index (χ2n) is 3.54. The first kappa shape index (κ1) is 14.3. The molecule has 0 aliphatic heterocycles. The molecule has 0 aliphatic carbocycles. The fourth-order valence-electron chi connectivity index (χ4n) is 1.51. The van der Waals surface area contributed by atoms with E-state index < -0.39 is 5.97 Å². The summed E-state index contributed by atoms with van der Waals surface area (Å²) >= 11 is 0. The van der Waals surface area contributed by atoms with E-state index >= 15 is 0 Å². The second-order valence-corrected chi connectivity index (χ2v) is 3.54. The Balaban J connectivity index is 3.44. The lowest BCUT2D eigenvalue weighted by Gasteiger charge is -2.13. The van der Waals surface area contributed by atoms with Crippen LogP contribution < -0.4 is 5.32 Å². The molecular formula is C12H12N4O3. The highest BCUT2D eigenvalue weighted by Gasteiger charge is 2.17. The van der Waals surface area contributed by atoms with Gasteiger partial charge in [0, 0.05) is 28.8 Å². The smallest absolute Gasteiger partial charge is 0.337 e. The number of azide groups is 1. The highest BCUT2D eigenvalue weighted by atomic mass is 16.5. The number of nitrogens with one attached hydrogen (secondary N) is 1. The molecule has 7 heteroatoms. The topological polar surface area (TPSA) is 104 Å². The van der Waals surface area contributed by atoms with Crippen LogP contribution in [-0.4, -0.2) is 19.0 Å². The van der Waals surface area contributed by atoms with E-state index in [0.29, 0.717) is 5.69 Å². The molecule has 0 aromatic heterocycles. The van der Waals surface area contributed by atoms with Gasteiger partial charge in [-0.3, -0.25) is 4.79 Å². The van der Waals surface area contributed by atoms with Gasteiger partial charge in [-0.05, 0) is 11.6 Å². The number of hydrogen-bond donors (Lipinski definition) is 1. The number of amides is 1. The molecule has 0 radical (unpaired) electrons. The maximum absolute atomic E-state index is 11.5. The van der Waals surface area contributed by atoms with Crippen LogP contribution in [-0.2, 0) is 14.3 Å². The van der Waals surface area contributed by atoms with Crippen molar-refractivity contribution in [2.24, 2.45) is 5.11 Å². The molecule has 0 unspecified atom stereocenters. The predicted molar refractivity (Wildman–Crippen MR) is 70.6 cm³/mol. The Morgan fingerprint density at radius 1 is 1.47 bits per heavy atom. The quantitative estimate of drug-likeness (QED) is 0.296. The average Bonchev–Trinajstić information content (AvgIpc) is 2.37. The summed E-state index contributed by atoms with van der Waals surface area (Å²) in [6, 6.07) is 4.67. The Morgan fingerprint density at radius 3 is 2.68 bits per heavy atom. The lowest BCUT2D eigenvalue weighted by molar-refractivity contribution is -0.133. The molecule has 98 valence electrons. The molecule has 1 aromatic carbocycles. The van der Waals surface area contributed by atoms with Crippen molar-refractivity contribution in [3.8, 4) is 0 Å². The third-order valence-corrected chi connectivity index (χ3v) is 2.24. The number of methoxy groups -OCH3 is 1. The third kappa shape index (κ3) is 3.34. The summed E-state index contributed by atoms with van der Waals surface area (Å²) in [5, 5.41) is 6.01. The van der Waals surface area contributed by atoms with Crippen LogP contribution >= 0.6 is 0 Å². The third-order valence-electron chi connectivity index (χ3n) is 2.24. The molecule has 0 atom stereocenters. The van der Waals surface area contributed by atoms with E-state index in [4.69, 9.17) is 5.53 Å². The zero-order valence-electron chi connectivity index (χ0n) is 10.5. The molecule has 1 aromatic rings. The van der Waals surface area contributed by atoms with Gasteiger partial charge in [-0.1, -0.05) is 23.8 Å². The standard InChI is InChI=1S/C12H12N4O3/c1-7(12(18)19-3)11-9(14-8(2)17)5-4-6-10(11)15-16-13/h4-6H,1H2,2-3H3,(H,14,17). The van der Waals surface area contributed by atoms with E-state index in [1.165, 1.54) is 20.1 Å². The Kier molecular flexibility index (Phi) is 4.68. The van der Waals surface area contributed by atoms with E-state index in [1.54, 1.807) is 12.1 Å². The molecule has 0 fully saturated rings. The summed E-state index contributed by atoms with van der Waals surface area (Å²) in [6.07, 6.45) is 0. The second kappa shape index (κ2) is 6.23. The van der Waals surface area contributed by atoms with Gasteiger partial charge in [-0.2, -0.15) is 0 Å². The fraction of sp³-hybridized carbons (Fsp3) is 0.167. The van der Waals surface area contributed by atoms with Crippen molar-refractivity contribution in [2.45, 2.75) is 6.92 Å². The van der Waals surface area contributed by atoms with Gasteiger partial charge in [0.15, 0.2) is 0 Å². The predicted octanol–water partition coefficient (Wildman–Crippen LogP) is 2.77. The van der Waals surface area contributed by atoms with Crippen LogP contribution in [0.5, 0.6) is 0 Å². The Labute approximate surface area is 109 Å². The number of esters is 1.